The lowest BCUT2D eigenvalue weighted by Crippen LogP contribution is -2.35. The zero-order valence-corrected chi connectivity index (χ0v) is 12.5. The van der Waals surface area contributed by atoms with E-state index in [-0.39, 0.29) is 5.75 Å². The first kappa shape index (κ1) is 14.8. The molecule has 0 saturated heterocycles. The summed E-state index contributed by atoms with van der Waals surface area (Å²) in [6.07, 6.45) is 1.83. The number of nitrogens with one attached hydrogen (secondary N) is 1. The molecule has 2 rings (SSSR count). The second-order valence-electron chi connectivity index (χ2n) is 4.90. The van der Waals surface area contributed by atoms with Gasteiger partial charge in [0, 0.05) is 0 Å². The molecule has 1 atom stereocenters. The van der Waals surface area contributed by atoms with Crippen LogP contribution in [0.25, 0.3) is 0 Å². The lowest BCUT2D eigenvalue weighted by Gasteiger charge is -2.13. The molecule has 5 nitrogen and oxygen atoms in total. The van der Waals surface area contributed by atoms with Crippen molar-refractivity contribution < 1.29 is 17.9 Å². The summed E-state index contributed by atoms with van der Waals surface area (Å²) < 4.78 is 30.8. The van der Waals surface area contributed by atoms with Crippen LogP contribution in [-0.4, -0.2) is 27.2 Å². The Morgan fingerprint density at radius 3 is 2.85 bits per heavy atom. The van der Waals surface area contributed by atoms with Gasteiger partial charge in [0.1, 0.15) is 5.75 Å². The summed E-state index contributed by atoms with van der Waals surface area (Å²) in [5.41, 5.74) is 1.87. The van der Waals surface area contributed by atoms with E-state index in [1.54, 1.807) is 14.0 Å². The summed E-state index contributed by atoms with van der Waals surface area (Å²) in [7, 11) is -1.93. The van der Waals surface area contributed by atoms with Gasteiger partial charge in [0.05, 0.1) is 18.8 Å². The van der Waals surface area contributed by atoms with Crippen LogP contribution in [0.2, 0.25) is 0 Å². The molecule has 110 valence electrons. The number of ether oxygens (including phenoxy) is 1. The molecule has 1 aliphatic carbocycles. The Hall–Kier alpha value is -1.56. The number of sulfonamides is 1. The summed E-state index contributed by atoms with van der Waals surface area (Å²) in [5.74, 6) is -0.123. The van der Waals surface area contributed by atoms with Crippen molar-refractivity contribution in [3.63, 3.8) is 0 Å². The van der Waals surface area contributed by atoms with Gasteiger partial charge in [0.25, 0.3) is 0 Å². The second-order valence-corrected chi connectivity index (χ2v) is 6.75. The summed E-state index contributed by atoms with van der Waals surface area (Å²) in [5, 5.41) is 0. The van der Waals surface area contributed by atoms with Crippen LogP contribution in [0.1, 0.15) is 36.8 Å². The van der Waals surface area contributed by atoms with E-state index in [4.69, 9.17) is 4.74 Å². The first-order valence-electron chi connectivity index (χ1n) is 6.68. The first-order valence-corrected chi connectivity index (χ1v) is 8.34. The largest absolute Gasteiger partial charge is 0.496 e. The standard InChI is InChI=1S/C14H19NO4S/c1-3-9-20(17,18)15-14(16)12-8-7-11-10(12)5-4-6-13(11)19-2/h4-6,12H,3,7-9H2,1-2H3,(H,15,16). The van der Waals surface area contributed by atoms with Gasteiger partial charge in [-0.3, -0.25) is 9.52 Å². The highest BCUT2D eigenvalue weighted by Gasteiger charge is 2.32. The molecule has 1 unspecified atom stereocenters. The second kappa shape index (κ2) is 5.83. The predicted octanol–water partition coefficient (Wildman–Crippen LogP) is 1.58. The molecule has 0 bridgehead atoms. The van der Waals surface area contributed by atoms with E-state index < -0.39 is 21.8 Å². The molecule has 0 spiro atoms. The summed E-state index contributed by atoms with van der Waals surface area (Å²) in [6, 6.07) is 5.54. The number of methoxy groups -OCH3 is 1. The quantitative estimate of drug-likeness (QED) is 0.895. The SMILES string of the molecule is CCCS(=O)(=O)NC(=O)C1CCc2c(OC)cccc21. The highest BCUT2D eigenvalue weighted by Crippen LogP contribution is 2.38. The fourth-order valence-electron chi connectivity index (χ4n) is 2.63. The molecule has 1 aromatic rings. The highest BCUT2D eigenvalue weighted by atomic mass is 32.2. The Morgan fingerprint density at radius 1 is 1.45 bits per heavy atom. The van der Waals surface area contributed by atoms with Crippen LogP contribution in [0, 0.1) is 0 Å². The zero-order valence-electron chi connectivity index (χ0n) is 11.7. The number of carbonyl (C=O) groups is 1. The van der Waals surface area contributed by atoms with Gasteiger partial charge in [0.15, 0.2) is 0 Å². The average molecular weight is 297 g/mol. The van der Waals surface area contributed by atoms with Crippen molar-refractivity contribution in [2.45, 2.75) is 32.1 Å². The average Bonchev–Trinajstić information content (AvgIpc) is 2.81. The molecular formula is C14H19NO4S. The van der Waals surface area contributed by atoms with E-state index in [0.717, 1.165) is 23.3 Å². The van der Waals surface area contributed by atoms with Crippen molar-refractivity contribution in [2.24, 2.45) is 0 Å². The lowest BCUT2D eigenvalue weighted by molar-refractivity contribution is -0.120. The number of hydrogen-bond acceptors (Lipinski definition) is 4. The van der Waals surface area contributed by atoms with E-state index in [1.807, 2.05) is 18.2 Å². The van der Waals surface area contributed by atoms with Crippen LogP contribution in [0.5, 0.6) is 5.75 Å². The summed E-state index contributed by atoms with van der Waals surface area (Å²) in [4.78, 5) is 12.2. The fourth-order valence-corrected chi connectivity index (χ4v) is 3.72. The maximum Gasteiger partial charge on any atom is 0.240 e. The normalized spacial score (nSPS) is 17.6. The number of rotatable bonds is 5. The smallest absolute Gasteiger partial charge is 0.240 e. The molecule has 1 N–H and O–H groups in total. The van der Waals surface area contributed by atoms with Crippen LogP contribution >= 0.6 is 0 Å². The minimum absolute atomic E-state index is 0.0313. The third kappa shape index (κ3) is 2.95. The van der Waals surface area contributed by atoms with Gasteiger partial charge in [-0.1, -0.05) is 19.1 Å². The number of amides is 1. The molecular weight excluding hydrogens is 278 g/mol. The number of fused-ring (bicyclic) bond motifs is 1. The van der Waals surface area contributed by atoms with Gasteiger partial charge in [-0.2, -0.15) is 0 Å². The molecule has 1 amide bonds. The summed E-state index contributed by atoms with van der Waals surface area (Å²) in [6.45, 7) is 1.76. The molecule has 0 aliphatic heterocycles. The number of carbonyl (C=O) groups excluding carboxylic acids is 1. The Balaban J connectivity index is 2.20. The van der Waals surface area contributed by atoms with Gasteiger partial charge in [-0.25, -0.2) is 8.42 Å². The van der Waals surface area contributed by atoms with Crippen molar-refractivity contribution in [1.29, 1.82) is 0 Å². The molecule has 0 saturated carbocycles. The molecule has 0 aromatic heterocycles. The van der Waals surface area contributed by atoms with Crippen molar-refractivity contribution >= 4 is 15.9 Å². The maximum absolute atomic E-state index is 12.2. The van der Waals surface area contributed by atoms with Gasteiger partial charge in [-0.05, 0) is 36.5 Å². The number of benzene rings is 1. The third-order valence-corrected chi connectivity index (χ3v) is 4.95. The zero-order chi connectivity index (χ0) is 14.8. The minimum Gasteiger partial charge on any atom is -0.496 e. The van der Waals surface area contributed by atoms with Crippen LogP contribution in [0.4, 0.5) is 0 Å². The lowest BCUT2D eigenvalue weighted by atomic mass is 10.0. The van der Waals surface area contributed by atoms with Gasteiger partial charge < -0.3 is 4.74 Å². The van der Waals surface area contributed by atoms with Gasteiger partial charge in [0.2, 0.25) is 15.9 Å². The monoisotopic (exact) mass is 297 g/mol. The van der Waals surface area contributed by atoms with Crippen molar-refractivity contribution in [2.75, 3.05) is 12.9 Å². The Kier molecular flexibility index (Phi) is 4.32. The molecule has 0 fully saturated rings. The van der Waals surface area contributed by atoms with Crippen LogP contribution in [-0.2, 0) is 21.2 Å². The van der Waals surface area contributed by atoms with E-state index in [9.17, 15) is 13.2 Å². The van der Waals surface area contributed by atoms with Crippen molar-refractivity contribution in [3.05, 3.63) is 29.3 Å². The van der Waals surface area contributed by atoms with E-state index >= 15 is 0 Å². The molecule has 1 aromatic carbocycles. The topological polar surface area (TPSA) is 72.5 Å². The Labute approximate surface area is 119 Å². The van der Waals surface area contributed by atoms with Crippen LogP contribution in [0.3, 0.4) is 0 Å². The van der Waals surface area contributed by atoms with Gasteiger partial charge in [-0.15, -0.1) is 0 Å². The molecule has 0 radical (unpaired) electrons. The Morgan fingerprint density at radius 2 is 2.20 bits per heavy atom. The Bertz CT molecular complexity index is 610. The molecule has 20 heavy (non-hydrogen) atoms. The van der Waals surface area contributed by atoms with Crippen LogP contribution in [0.15, 0.2) is 18.2 Å². The number of hydrogen-bond donors (Lipinski definition) is 1. The fraction of sp³-hybridized carbons (Fsp3) is 0.500. The first-order chi connectivity index (χ1) is 9.48. The van der Waals surface area contributed by atoms with Crippen molar-refractivity contribution in [3.8, 4) is 5.75 Å². The van der Waals surface area contributed by atoms with Crippen LogP contribution < -0.4 is 9.46 Å². The minimum atomic E-state index is -3.52. The molecule has 6 heteroatoms. The van der Waals surface area contributed by atoms with Crippen molar-refractivity contribution in [1.82, 2.24) is 4.72 Å². The summed E-state index contributed by atoms with van der Waals surface area (Å²) >= 11 is 0. The van der Waals surface area contributed by atoms with Gasteiger partial charge >= 0.3 is 0 Å². The maximum atomic E-state index is 12.2. The predicted molar refractivity (Wildman–Crippen MR) is 76.3 cm³/mol. The highest BCUT2D eigenvalue weighted by molar-refractivity contribution is 7.90. The molecule has 0 heterocycles. The van der Waals surface area contributed by atoms with E-state index in [2.05, 4.69) is 4.72 Å². The van der Waals surface area contributed by atoms with E-state index in [1.165, 1.54) is 0 Å². The third-order valence-electron chi connectivity index (χ3n) is 3.49. The molecule has 1 aliphatic rings. The van der Waals surface area contributed by atoms with E-state index in [0.29, 0.717) is 12.8 Å².